The van der Waals surface area contributed by atoms with E-state index in [1.54, 1.807) is 0 Å². The molecule has 3 N–H and O–H groups in total. The van der Waals surface area contributed by atoms with Crippen LogP contribution in [0.4, 0.5) is 0 Å². The van der Waals surface area contributed by atoms with Gasteiger partial charge in [-0.3, -0.25) is 4.79 Å². The quantitative estimate of drug-likeness (QED) is 0.327. The van der Waals surface area contributed by atoms with E-state index >= 15 is 0 Å². The summed E-state index contributed by atoms with van der Waals surface area (Å²) in [7, 11) is 2.09. The van der Waals surface area contributed by atoms with E-state index in [2.05, 4.69) is 32.9 Å². The molecular weight excluding hydrogens is 409 g/mol. The SMILES string of the molecule is CCNC(=NCC(=O)NC(C)(C)C)NCC1CN(C)CCO1.I. The van der Waals surface area contributed by atoms with Gasteiger partial charge < -0.3 is 25.6 Å². The molecular formula is C15H32IN5O2. The number of hydrogen-bond donors (Lipinski definition) is 3. The highest BCUT2D eigenvalue weighted by molar-refractivity contribution is 14.0. The number of aliphatic imine (C=N–C) groups is 1. The lowest BCUT2D eigenvalue weighted by molar-refractivity contribution is -0.121. The van der Waals surface area contributed by atoms with E-state index in [0.717, 1.165) is 26.2 Å². The molecule has 0 bridgehead atoms. The van der Waals surface area contributed by atoms with Crippen molar-refractivity contribution in [1.82, 2.24) is 20.9 Å². The zero-order valence-electron chi connectivity index (χ0n) is 14.9. The molecule has 1 unspecified atom stereocenters. The number of rotatable bonds is 5. The van der Waals surface area contributed by atoms with Crippen LogP contribution >= 0.6 is 24.0 Å². The van der Waals surface area contributed by atoms with E-state index in [1.165, 1.54) is 0 Å². The van der Waals surface area contributed by atoms with Gasteiger partial charge in [-0.15, -0.1) is 24.0 Å². The highest BCUT2D eigenvalue weighted by Gasteiger charge is 2.18. The molecule has 1 fully saturated rings. The van der Waals surface area contributed by atoms with Gasteiger partial charge in [0.2, 0.25) is 5.91 Å². The van der Waals surface area contributed by atoms with Gasteiger partial charge in [-0.25, -0.2) is 4.99 Å². The molecule has 1 saturated heterocycles. The standard InChI is InChI=1S/C15H31N5O2.HI/c1-6-16-14(18-10-13(21)19-15(2,3)4)17-9-12-11-20(5)7-8-22-12;/h12H,6-11H2,1-5H3,(H,19,21)(H2,16,17,18);1H. The zero-order chi connectivity index (χ0) is 16.6. The van der Waals surface area contributed by atoms with E-state index in [-0.39, 0.29) is 48.1 Å². The van der Waals surface area contributed by atoms with Crippen molar-refractivity contribution >= 4 is 35.8 Å². The third kappa shape index (κ3) is 10.7. The Morgan fingerprint density at radius 1 is 1.35 bits per heavy atom. The van der Waals surface area contributed by atoms with Crippen LogP contribution in [0.2, 0.25) is 0 Å². The second-order valence-electron chi connectivity index (χ2n) is 6.63. The summed E-state index contributed by atoms with van der Waals surface area (Å²) < 4.78 is 5.70. The number of hydrogen-bond acceptors (Lipinski definition) is 4. The van der Waals surface area contributed by atoms with Crippen LogP contribution in [0.25, 0.3) is 0 Å². The van der Waals surface area contributed by atoms with Gasteiger partial charge in [0.1, 0.15) is 6.54 Å². The Bertz CT molecular complexity index is 385. The van der Waals surface area contributed by atoms with E-state index in [4.69, 9.17) is 4.74 Å². The van der Waals surface area contributed by atoms with E-state index in [9.17, 15) is 4.79 Å². The number of carbonyl (C=O) groups is 1. The smallest absolute Gasteiger partial charge is 0.242 e. The predicted molar refractivity (Wildman–Crippen MR) is 105 cm³/mol. The molecule has 1 aliphatic heterocycles. The van der Waals surface area contributed by atoms with Crippen LogP contribution in [0.1, 0.15) is 27.7 Å². The molecule has 1 atom stereocenters. The number of guanidine groups is 1. The first-order valence-corrected chi connectivity index (χ1v) is 7.93. The molecule has 1 amide bonds. The van der Waals surface area contributed by atoms with Crippen molar-refractivity contribution in [2.24, 2.45) is 4.99 Å². The van der Waals surface area contributed by atoms with Crippen LogP contribution in [0, 0.1) is 0 Å². The van der Waals surface area contributed by atoms with Crippen molar-refractivity contribution < 1.29 is 9.53 Å². The summed E-state index contributed by atoms with van der Waals surface area (Å²) in [4.78, 5) is 18.4. The van der Waals surface area contributed by atoms with Crippen LogP contribution in [-0.2, 0) is 9.53 Å². The van der Waals surface area contributed by atoms with E-state index in [1.807, 2.05) is 27.7 Å². The Balaban J connectivity index is 0.00000484. The monoisotopic (exact) mass is 441 g/mol. The number of amides is 1. The Morgan fingerprint density at radius 3 is 2.61 bits per heavy atom. The summed E-state index contributed by atoms with van der Waals surface area (Å²) in [6, 6.07) is 0. The Kier molecular flexibility index (Phi) is 10.7. The van der Waals surface area contributed by atoms with Gasteiger partial charge in [0, 0.05) is 31.7 Å². The fourth-order valence-corrected chi connectivity index (χ4v) is 2.15. The molecule has 0 saturated carbocycles. The van der Waals surface area contributed by atoms with Gasteiger partial charge in [0.05, 0.1) is 12.7 Å². The summed E-state index contributed by atoms with van der Waals surface area (Å²) in [5, 5.41) is 9.27. The van der Waals surface area contributed by atoms with Crippen molar-refractivity contribution in [2.75, 3.05) is 46.4 Å². The Morgan fingerprint density at radius 2 is 2.04 bits per heavy atom. The van der Waals surface area contributed by atoms with Crippen LogP contribution < -0.4 is 16.0 Å². The molecule has 0 spiro atoms. The van der Waals surface area contributed by atoms with Crippen LogP contribution in [-0.4, -0.2) is 74.8 Å². The molecule has 0 aromatic heterocycles. The second kappa shape index (κ2) is 11.0. The van der Waals surface area contributed by atoms with Crippen LogP contribution in [0.15, 0.2) is 4.99 Å². The lowest BCUT2D eigenvalue weighted by Crippen LogP contribution is -2.48. The van der Waals surface area contributed by atoms with Crippen molar-refractivity contribution in [1.29, 1.82) is 0 Å². The summed E-state index contributed by atoms with van der Waals surface area (Å²) in [6.45, 7) is 12.0. The minimum Gasteiger partial charge on any atom is -0.374 e. The molecule has 0 aliphatic carbocycles. The number of halogens is 1. The minimum absolute atomic E-state index is 0. The average molecular weight is 441 g/mol. The number of carbonyl (C=O) groups excluding carboxylic acids is 1. The van der Waals surface area contributed by atoms with Gasteiger partial charge in [0.25, 0.3) is 0 Å². The number of likely N-dealkylation sites (N-methyl/N-ethyl adjacent to an activating group) is 1. The first-order valence-electron chi connectivity index (χ1n) is 7.93. The minimum atomic E-state index is -0.237. The third-order valence-electron chi connectivity index (χ3n) is 3.08. The highest BCUT2D eigenvalue weighted by atomic mass is 127. The fourth-order valence-electron chi connectivity index (χ4n) is 2.15. The first kappa shape index (κ1) is 22.4. The molecule has 1 heterocycles. The van der Waals surface area contributed by atoms with Gasteiger partial charge in [0.15, 0.2) is 5.96 Å². The van der Waals surface area contributed by atoms with Crippen molar-refractivity contribution in [3.63, 3.8) is 0 Å². The molecule has 8 heteroatoms. The van der Waals surface area contributed by atoms with Gasteiger partial charge in [-0.2, -0.15) is 0 Å². The molecule has 0 aromatic carbocycles. The molecule has 1 rings (SSSR count). The van der Waals surface area contributed by atoms with Crippen molar-refractivity contribution in [2.45, 2.75) is 39.3 Å². The van der Waals surface area contributed by atoms with Gasteiger partial charge in [-0.05, 0) is 34.7 Å². The number of nitrogens with one attached hydrogen (secondary N) is 3. The lowest BCUT2D eigenvalue weighted by atomic mass is 10.1. The van der Waals surface area contributed by atoms with Gasteiger partial charge >= 0.3 is 0 Å². The Hall–Kier alpha value is -0.610. The van der Waals surface area contributed by atoms with Crippen molar-refractivity contribution in [3.8, 4) is 0 Å². The molecule has 0 radical (unpaired) electrons. The summed E-state index contributed by atoms with van der Waals surface area (Å²) in [5.41, 5.74) is -0.237. The molecule has 23 heavy (non-hydrogen) atoms. The molecule has 7 nitrogen and oxygen atoms in total. The van der Waals surface area contributed by atoms with Crippen molar-refractivity contribution in [3.05, 3.63) is 0 Å². The maximum absolute atomic E-state index is 11.8. The number of morpholine rings is 1. The molecule has 136 valence electrons. The first-order chi connectivity index (χ1) is 10.3. The summed E-state index contributed by atoms with van der Waals surface area (Å²) >= 11 is 0. The van der Waals surface area contributed by atoms with Crippen LogP contribution in [0.3, 0.4) is 0 Å². The molecule has 1 aliphatic rings. The lowest BCUT2D eigenvalue weighted by Gasteiger charge is -2.30. The second-order valence-corrected chi connectivity index (χ2v) is 6.63. The predicted octanol–water partition coefficient (Wildman–Crippen LogP) is 0.405. The van der Waals surface area contributed by atoms with E-state index < -0.39 is 0 Å². The maximum atomic E-state index is 11.8. The third-order valence-corrected chi connectivity index (χ3v) is 3.08. The largest absolute Gasteiger partial charge is 0.374 e. The highest BCUT2D eigenvalue weighted by Crippen LogP contribution is 2.01. The maximum Gasteiger partial charge on any atom is 0.242 e. The topological polar surface area (TPSA) is 78.0 Å². The normalized spacial score (nSPS) is 19.7. The summed E-state index contributed by atoms with van der Waals surface area (Å²) in [6.07, 6.45) is 0.144. The zero-order valence-corrected chi connectivity index (χ0v) is 17.3. The van der Waals surface area contributed by atoms with Crippen LogP contribution in [0.5, 0.6) is 0 Å². The average Bonchev–Trinajstić information content (AvgIpc) is 2.40. The fraction of sp³-hybridized carbons (Fsp3) is 0.867. The van der Waals surface area contributed by atoms with Gasteiger partial charge in [-0.1, -0.05) is 0 Å². The summed E-state index contributed by atoms with van der Waals surface area (Å²) in [5.74, 6) is 0.557. The Labute approximate surface area is 157 Å². The van der Waals surface area contributed by atoms with E-state index in [0.29, 0.717) is 12.5 Å². The number of nitrogens with zero attached hydrogens (tertiary/aromatic N) is 2. The number of ether oxygens (including phenoxy) is 1. The molecule has 0 aromatic rings.